The summed E-state index contributed by atoms with van der Waals surface area (Å²) >= 11 is 8.98. The van der Waals surface area contributed by atoms with Gasteiger partial charge in [-0.2, -0.15) is 19.7 Å². The van der Waals surface area contributed by atoms with E-state index in [2.05, 4.69) is 106 Å². The molecule has 0 aliphatic carbocycles. The van der Waals surface area contributed by atoms with E-state index in [-0.39, 0.29) is 152 Å². The molecule has 142 heavy (non-hydrogen) atoms. The molecule has 11 heterocycles. The van der Waals surface area contributed by atoms with Crippen molar-refractivity contribution in [3.05, 3.63) is 213 Å². The largest absolute Gasteiger partial charge is 1.00 e. The first-order valence-electron chi connectivity index (χ1n) is 44.7. The number of hydrogen-bond acceptors (Lipinski definition) is 37. The number of aliphatic hydroxyl groups is 4. The standard InChI is InChI=1S/C23H30N6O6S.C16H19N3O3.C15H17N3O4.C13H15N3O2S.C10H16BrN3O4.C8H6.C7H11N3O4.CH3O.Na/c1-13-18(11-34-14(2)30)35-23(22(32-3)20(13)26-27-24)36-19-12-33-10-17(21(19)31)29-9-16(25-28-29)15-7-5-4-6-8-15;1-11-9-21-10-15(16(11)22-12(2)20)19-8-14(17-18-19)13-6-4-3-5-7-13;1-10(19)22-15-13(8-21-9-14(15)20)18-7-12(16-17-18)11-5-3-2-4-6-11;17-13-11(7-18-8-12(13)19)16-6-10(14-15-16)9-4-2-1-3-5-9;1-5-7(4-17-6(2)15)18-10(11)9(16-3)8(5)13-14-12;1-2-8-6-4-3-5-7-8;1-4(11)14-7-5(9-10-8)2-13-3-6(7)12;1-2;/h4-9,13,17-23,31H,10-12H2,1-3H3;3-8,11,15-16H,9-10H2,1-2H3;2-7,13-15,20H,8-9H2,1H3;1-6,11-13,17,19H,7-8H2;5,7-10H,4H2,1-3H3;1,3-7H;5-7,12H,2-3H2,1H3;1H3;/q;;;;;;;-1;+1/t;11-,15+,16+;13-,14-,15+;11-,12+,13+;;;5-,6-,7+;;/m.100..0../s1. The molecular weight excluding hydrogens is 1960 g/mol. The summed E-state index contributed by atoms with van der Waals surface area (Å²) in [7, 11) is 3.80. The van der Waals surface area contributed by atoms with E-state index >= 15 is 0 Å². The average molecular weight is 2080 g/mol. The zero-order chi connectivity index (χ0) is 102. The Kier molecular flexibility index (Phi) is 49.7. The van der Waals surface area contributed by atoms with E-state index in [0.29, 0.717) is 44.4 Å². The van der Waals surface area contributed by atoms with Gasteiger partial charge in [0, 0.05) is 97.3 Å². The van der Waals surface area contributed by atoms with Crippen LogP contribution in [0.3, 0.4) is 0 Å². The van der Waals surface area contributed by atoms with Crippen molar-refractivity contribution in [1.29, 1.82) is 0 Å². The number of thioether (sulfide) groups is 1. The van der Waals surface area contributed by atoms with Crippen LogP contribution in [0.4, 0.5) is 0 Å². The maximum atomic E-state index is 11.4. The molecule has 0 bridgehead atoms. The van der Waals surface area contributed by atoms with Crippen molar-refractivity contribution >= 4 is 70.2 Å². The van der Waals surface area contributed by atoms with Crippen molar-refractivity contribution < 1.29 is 145 Å². The first-order valence-corrected chi connectivity index (χ1v) is 47.1. The smallest absolute Gasteiger partial charge is 0.857 e. The molecule has 16 rings (SSSR count). The summed E-state index contributed by atoms with van der Waals surface area (Å²) in [5, 5.41) is 92.6. The SMILES string of the molecule is C#Cc1ccccc1.CC(=O)O[C@@H]1[C@@H](N=[N+]=[N-])COC[C@@H]1O.CC(=O)O[C@H]1[C@@H](O)COC[C@@H]1n1cc(-c2ccccc2)nn1.CC(=O)O[C@H]1[C@H](C)COC[C@@H]1n1cc(-c2ccccc2)nn1.COC1C(Br)OC(COC(C)=O)C(C)C1N=[N+]=[N-].COC1C(SC2COCC(n3cc(-c4ccccc4)nn3)C2O)OC(COC(C)=O)C(C)C1N=[N+]=[N-].C[O-].O[C@H]1[C@H](S)COC[C@@H]1n1cc(-c2ccccc2)nn1.[Na+]. The van der Waals surface area contributed by atoms with Gasteiger partial charge in [0.25, 0.3) is 0 Å². The summed E-state index contributed by atoms with van der Waals surface area (Å²) in [6, 6.07) is 45.7. The van der Waals surface area contributed by atoms with Gasteiger partial charge in [0.2, 0.25) is 0 Å². The number of nitrogens with zero attached hydrogens (tertiary/aromatic N) is 21. The van der Waals surface area contributed by atoms with E-state index in [1.807, 2.05) is 185 Å². The summed E-state index contributed by atoms with van der Waals surface area (Å²) in [4.78, 5) is 63.9. The van der Waals surface area contributed by atoms with E-state index in [1.54, 1.807) is 31.1 Å². The van der Waals surface area contributed by atoms with Crippen molar-refractivity contribution in [3.63, 3.8) is 0 Å². The molecule has 7 fully saturated rings. The number of azide groups is 3. The fourth-order valence-electron chi connectivity index (χ4n) is 15.6. The van der Waals surface area contributed by atoms with Crippen molar-refractivity contribution in [2.24, 2.45) is 33.1 Å². The quantitative estimate of drug-likeness (QED) is 0.00571. The van der Waals surface area contributed by atoms with Crippen LogP contribution in [0.1, 0.15) is 85.1 Å². The van der Waals surface area contributed by atoms with Crippen LogP contribution < -0.4 is 34.7 Å². The number of aliphatic hydroxyl groups excluding tert-OH is 4. The van der Waals surface area contributed by atoms with Crippen LogP contribution in [0, 0.1) is 30.1 Å². The Labute approximate surface area is 859 Å². The average Bonchev–Trinajstić information content (AvgIpc) is 1.20. The normalized spacial score (nSPS) is 27.7. The second kappa shape index (κ2) is 60.7. The van der Waals surface area contributed by atoms with Gasteiger partial charge in [-0.15, -0.1) is 38.6 Å². The second-order valence-electron chi connectivity index (χ2n) is 32.8. The molecule has 4 N–H and O–H groups in total. The number of rotatable bonds is 22. The Bertz CT molecular complexity index is 5400. The van der Waals surface area contributed by atoms with Gasteiger partial charge in [0.15, 0.2) is 6.10 Å². The Morgan fingerprint density at radius 1 is 0.472 bits per heavy atom. The molecule has 5 aromatic carbocycles. The molecule has 4 aromatic heterocycles. The van der Waals surface area contributed by atoms with Crippen molar-refractivity contribution in [2.45, 2.75) is 186 Å². The number of aromatic nitrogens is 12. The van der Waals surface area contributed by atoms with E-state index in [4.69, 9.17) is 94.4 Å². The van der Waals surface area contributed by atoms with Crippen LogP contribution in [0.5, 0.6) is 0 Å². The van der Waals surface area contributed by atoms with Gasteiger partial charge >= 0.3 is 59.4 Å². The minimum absolute atomic E-state index is 0. The van der Waals surface area contributed by atoms with Gasteiger partial charge in [-0.1, -0.05) is 218 Å². The first-order chi connectivity index (χ1) is 68.1. The predicted molar refractivity (Wildman–Crippen MR) is 515 cm³/mol. The Hall–Kier alpha value is -10.9. The number of hydrogen-bond donors (Lipinski definition) is 5. The molecule has 0 radical (unpaired) electrons. The van der Waals surface area contributed by atoms with E-state index in [0.717, 1.165) is 46.3 Å². The number of alkyl halides is 1. The third kappa shape index (κ3) is 34.4. The predicted octanol–water partition coefficient (Wildman–Crippen LogP) is 6.30. The minimum atomic E-state index is -0.942. The molecule has 0 saturated carbocycles. The molecule has 13 unspecified atom stereocenters. The molecule has 25 atom stereocenters. The fourth-order valence-corrected chi connectivity index (χ4v) is 18.2. The molecule has 7 aliphatic heterocycles. The number of ether oxygens (including phenoxy) is 14. The van der Waals surface area contributed by atoms with Gasteiger partial charge < -0.3 is 91.8 Å². The molecule has 758 valence electrons. The molecule has 7 aliphatic rings. The summed E-state index contributed by atoms with van der Waals surface area (Å²) in [6.07, 6.45) is 5.60. The monoisotopic (exact) mass is 2080 g/mol. The van der Waals surface area contributed by atoms with Crippen LogP contribution in [0.15, 0.2) is 192 Å². The minimum Gasteiger partial charge on any atom is -0.857 e. The molecule has 49 heteroatoms. The topological polar surface area (TPSA) is 588 Å². The Balaban J connectivity index is 0.000000209. The van der Waals surface area contributed by atoms with Gasteiger partial charge in [-0.25, -0.2) is 18.7 Å². The molecule has 7 saturated heterocycles. The second-order valence-corrected chi connectivity index (χ2v) is 35.7. The zero-order valence-corrected chi connectivity index (χ0v) is 85.6. The van der Waals surface area contributed by atoms with Crippen molar-refractivity contribution in [3.8, 4) is 57.4 Å². The van der Waals surface area contributed by atoms with Crippen LogP contribution in [-0.4, -0.2) is 317 Å². The number of carbonyl (C=O) groups is 5. The maximum Gasteiger partial charge on any atom is 1.00 e. The third-order valence-corrected chi connectivity index (χ3v) is 25.5. The van der Waals surface area contributed by atoms with Crippen molar-refractivity contribution in [1.82, 2.24) is 60.0 Å². The molecule has 0 amide bonds. The Morgan fingerprint density at radius 2 is 0.824 bits per heavy atom. The van der Waals surface area contributed by atoms with E-state index in [1.165, 1.54) is 60.6 Å². The summed E-state index contributed by atoms with van der Waals surface area (Å²) < 4.78 is 82.3. The van der Waals surface area contributed by atoms with Crippen molar-refractivity contribution in [2.75, 3.05) is 101 Å². The van der Waals surface area contributed by atoms with E-state index in [9.17, 15) is 44.4 Å². The summed E-state index contributed by atoms with van der Waals surface area (Å²) in [6.45, 7) is 15.7. The van der Waals surface area contributed by atoms with Gasteiger partial charge in [0.1, 0.15) is 113 Å². The fraction of sp³-hybridized carbons (Fsp3) is 0.516. The molecule has 0 spiro atoms. The van der Waals surface area contributed by atoms with Crippen LogP contribution in [-0.2, 0) is 90.3 Å². The summed E-state index contributed by atoms with van der Waals surface area (Å²) in [5.74, 6) is 0.233. The first kappa shape index (κ1) is 116. The number of carbonyl (C=O) groups excluding carboxylic acids is 5. The summed E-state index contributed by atoms with van der Waals surface area (Å²) in [5.41, 5.74) is 33.2. The number of methoxy groups -OCH3 is 2. The number of thiol groups is 1. The molecule has 45 nitrogen and oxygen atoms in total. The van der Waals surface area contributed by atoms with E-state index < -0.39 is 101 Å². The van der Waals surface area contributed by atoms with Crippen LogP contribution >= 0.6 is 40.3 Å². The molecular formula is C93H117BrN21NaO24S2. The number of halogens is 1. The number of esters is 5. The number of benzene rings is 5. The maximum absolute atomic E-state index is 11.4. The molecule has 9 aromatic rings. The van der Waals surface area contributed by atoms with Gasteiger partial charge in [-0.3, -0.25) is 24.0 Å². The van der Waals surface area contributed by atoms with Crippen LogP contribution in [0.25, 0.3) is 76.4 Å². The van der Waals surface area contributed by atoms with Crippen LogP contribution in [0.2, 0.25) is 0 Å². The van der Waals surface area contributed by atoms with Gasteiger partial charge in [0.05, 0.1) is 138 Å². The third-order valence-electron chi connectivity index (χ3n) is 22.9. The van der Waals surface area contributed by atoms with Gasteiger partial charge in [-0.05, 0) is 40.6 Å². The Morgan fingerprint density at radius 3 is 1.23 bits per heavy atom. The number of terminal acetylenes is 1. The zero-order valence-electron chi connectivity index (χ0n) is 80.3.